The van der Waals surface area contributed by atoms with Crippen LogP contribution in [0.25, 0.3) is 28.0 Å². The highest BCUT2D eigenvalue weighted by Gasteiger charge is 2.54. The van der Waals surface area contributed by atoms with Crippen LogP contribution in [0.2, 0.25) is 0 Å². The van der Waals surface area contributed by atoms with Gasteiger partial charge in [-0.15, -0.1) is 0 Å². The summed E-state index contributed by atoms with van der Waals surface area (Å²) in [6.45, 7) is 0.399. The standard InChI is InChI=1S/C21H22N10O2S/c1-28-9-14(8-25-28)17-11-30-18(4-7-24-30)19(26-17)16-10-31(27-20(16)23)21(5-6-22)12-29(13-21)34(32,33)15-2-3-15/h4,7-11,15H,2-3,5,12-13H2,1H3,(H2,23,27). The van der Waals surface area contributed by atoms with Gasteiger partial charge in [-0.25, -0.2) is 17.9 Å². The summed E-state index contributed by atoms with van der Waals surface area (Å²) in [6, 6.07) is 4.03. The van der Waals surface area contributed by atoms with Gasteiger partial charge in [0.25, 0.3) is 0 Å². The molecule has 1 saturated carbocycles. The van der Waals surface area contributed by atoms with Crippen LogP contribution in [0.1, 0.15) is 19.3 Å². The zero-order chi connectivity index (χ0) is 23.7. The number of fused-ring (bicyclic) bond motifs is 1. The van der Waals surface area contributed by atoms with Crippen molar-refractivity contribution in [2.75, 3.05) is 18.8 Å². The molecule has 2 N–H and O–H groups in total. The Morgan fingerprint density at radius 2 is 2.03 bits per heavy atom. The third kappa shape index (κ3) is 3.10. The number of nitriles is 1. The molecule has 6 rings (SSSR count). The lowest BCUT2D eigenvalue weighted by molar-refractivity contribution is 0.0719. The lowest BCUT2D eigenvalue weighted by Gasteiger charge is -2.48. The number of aromatic nitrogens is 7. The molecule has 0 unspecified atom stereocenters. The highest BCUT2D eigenvalue weighted by Crippen LogP contribution is 2.41. The third-order valence-corrected chi connectivity index (χ3v) is 8.82. The average Bonchev–Trinajstić information content (AvgIpc) is 3.19. The van der Waals surface area contributed by atoms with Gasteiger partial charge in [0, 0.05) is 38.1 Å². The topological polar surface area (TPSA) is 153 Å². The van der Waals surface area contributed by atoms with Crippen molar-refractivity contribution in [2.24, 2.45) is 7.05 Å². The summed E-state index contributed by atoms with van der Waals surface area (Å²) in [4.78, 5) is 4.84. The number of aryl methyl sites for hydroxylation is 1. The maximum absolute atomic E-state index is 12.6. The number of hydrogen-bond acceptors (Lipinski definition) is 8. The van der Waals surface area contributed by atoms with Gasteiger partial charge in [-0.05, 0) is 18.9 Å². The van der Waals surface area contributed by atoms with Crippen LogP contribution < -0.4 is 5.73 Å². The van der Waals surface area contributed by atoms with Gasteiger partial charge in [0.1, 0.15) is 11.2 Å². The van der Waals surface area contributed by atoms with Crippen LogP contribution in [-0.4, -0.2) is 65.2 Å². The molecule has 5 heterocycles. The number of nitrogens with two attached hydrogens (primary N) is 1. The Hall–Kier alpha value is -3.76. The molecular weight excluding hydrogens is 456 g/mol. The van der Waals surface area contributed by atoms with Crippen LogP contribution in [0.5, 0.6) is 0 Å². The van der Waals surface area contributed by atoms with Crippen molar-refractivity contribution in [1.29, 1.82) is 5.26 Å². The van der Waals surface area contributed by atoms with Crippen molar-refractivity contribution >= 4 is 21.4 Å². The predicted molar refractivity (Wildman–Crippen MR) is 123 cm³/mol. The summed E-state index contributed by atoms with van der Waals surface area (Å²) in [5.41, 5.74) is 9.02. The Morgan fingerprint density at radius 3 is 2.71 bits per heavy atom. The molecule has 0 spiro atoms. The Kier molecular flexibility index (Phi) is 4.36. The highest BCUT2D eigenvalue weighted by molar-refractivity contribution is 7.90. The van der Waals surface area contributed by atoms with Crippen molar-refractivity contribution < 1.29 is 8.42 Å². The second-order valence-electron chi connectivity index (χ2n) is 8.98. The van der Waals surface area contributed by atoms with E-state index in [0.717, 1.165) is 11.1 Å². The molecule has 0 aromatic carbocycles. The Morgan fingerprint density at radius 1 is 1.24 bits per heavy atom. The highest BCUT2D eigenvalue weighted by atomic mass is 32.2. The summed E-state index contributed by atoms with van der Waals surface area (Å²) in [5.74, 6) is 0.250. The SMILES string of the molecule is Cn1cc(-c2cn3nccc3c(-c3cn(C4(CC#N)CN(S(=O)(=O)C5CC5)C4)nc3N)n2)cn1. The minimum absolute atomic E-state index is 0.121. The Labute approximate surface area is 195 Å². The molecule has 0 radical (unpaired) electrons. The van der Waals surface area contributed by atoms with E-state index >= 15 is 0 Å². The molecule has 2 aliphatic rings. The van der Waals surface area contributed by atoms with Crippen molar-refractivity contribution in [3.8, 4) is 28.6 Å². The molecule has 1 aliphatic carbocycles. The van der Waals surface area contributed by atoms with E-state index in [0.29, 0.717) is 29.8 Å². The molecule has 13 heteroatoms. The molecule has 4 aromatic heterocycles. The number of sulfonamides is 1. The van der Waals surface area contributed by atoms with Gasteiger partial charge < -0.3 is 5.73 Å². The van der Waals surface area contributed by atoms with Gasteiger partial charge >= 0.3 is 0 Å². The minimum Gasteiger partial charge on any atom is -0.382 e. The number of hydrogen-bond donors (Lipinski definition) is 1. The molecule has 12 nitrogen and oxygen atoms in total. The first-order valence-corrected chi connectivity index (χ1v) is 12.4. The van der Waals surface area contributed by atoms with Crippen LogP contribution in [-0.2, 0) is 22.6 Å². The quantitative estimate of drug-likeness (QED) is 0.430. The maximum Gasteiger partial charge on any atom is 0.217 e. The fraction of sp³-hybridized carbons (Fsp3) is 0.381. The van der Waals surface area contributed by atoms with Gasteiger partial charge in [0.2, 0.25) is 10.0 Å². The molecule has 2 fully saturated rings. The van der Waals surface area contributed by atoms with E-state index in [4.69, 9.17) is 10.7 Å². The van der Waals surface area contributed by atoms with E-state index in [2.05, 4.69) is 21.4 Å². The first-order chi connectivity index (χ1) is 16.3. The van der Waals surface area contributed by atoms with Crippen LogP contribution in [0, 0.1) is 11.3 Å². The number of anilines is 1. The van der Waals surface area contributed by atoms with Crippen LogP contribution in [0.4, 0.5) is 5.82 Å². The van der Waals surface area contributed by atoms with Crippen molar-refractivity contribution in [2.45, 2.75) is 30.1 Å². The Balaban J connectivity index is 1.41. The molecular formula is C21H22N10O2S. The first kappa shape index (κ1) is 20.8. The van der Waals surface area contributed by atoms with E-state index < -0.39 is 15.6 Å². The van der Waals surface area contributed by atoms with Crippen LogP contribution in [0.3, 0.4) is 0 Å². The second-order valence-corrected chi connectivity index (χ2v) is 11.2. The molecule has 1 saturated heterocycles. The second kappa shape index (κ2) is 7.12. The van der Waals surface area contributed by atoms with Crippen molar-refractivity contribution in [3.63, 3.8) is 0 Å². The van der Waals surface area contributed by atoms with Crippen LogP contribution >= 0.6 is 0 Å². The summed E-state index contributed by atoms with van der Waals surface area (Å²) in [7, 11) is -1.49. The lowest BCUT2D eigenvalue weighted by Crippen LogP contribution is -2.64. The van der Waals surface area contributed by atoms with E-state index in [1.807, 2.05) is 25.5 Å². The summed E-state index contributed by atoms with van der Waals surface area (Å²) in [5, 5.41) is 22.3. The first-order valence-electron chi connectivity index (χ1n) is 10.9. The fourth-order valence-electron chi connectivity index (χ4n) is 4.48. The van der Waals surface area contributed by atoms with Crippen LogP contribution in [0.15, 0.2) is 37.1 Å². The predicted octanol–water partition coefficient (Wildman–Crippen LogP) is 0.992. The van der Waals surface area contributed by atoms with Gasteiger partial charge in [-0.2, -0.15) is 24.9 Å². The van der Waals surface area contributed by atoms with E-state index in [1.54, 1.807) is 32.5 Å². The molecule has 4 aromatic rings. The van der Waals surface area contributed by atoms with Gasteiger partial charge in [0.05, 0.1) is 53.1 Å². The van der Waals surface area contributed by atoms with E-state index in [1.165, 1.54) is 4.31 Å². The van der Waals surface area contributed by atoms with E-state index in [-0.39, 0.29) is 30.6 Å². The van der Waals surface area contributed by atoms with Gasteiger partial charge in [0.15, 0.2) is 5.82 Å². The lowest BCUT2D eigenvalue weighted by atomic mass is 9.89. The zero-order valence-corrected chi connectivity index (χ0v) is 19.2. The normalized spacial score (nSPS) is 18.1. The van der Waals surface area contributed by atoms with Crippen molar-refractivity contribution in [3.05, 3.63) is 37.1 Å². The average molecular weight is 479 g/mol. The molecule has 0 bridgehead atoms. The fourth-order valence-corrected chi connectivity index (χ4v) is 6.48. The molecule has 0 atom stereocenters. The smallest absolute Gasteiger partial charge is 0.217 e. The third-order valence-electron chi connectivity index (χ3n) is 6.53. The minimum atomic E-state index is -3.32. The number of nitrogens with zero attached hydrogens (tertiary/aromatic N) is 9. The van der Waals surface area contributed by atoms with Crippen molar-refractivity contribution in [1.82, 2.24) is 38.5 Å². The summed E-state index contributed by atoms with van der Waals surface area (Å²) in [6.07, 6.45) is 10.4. The summed E-state index contributed by atoms with van der Waals surface area (Å²) >= 11 is 0. The van der Waals surface area contributed by atoms with E-state index in [9.17, 15) is 13.7 Å². The molecule has 0 amide bonds. The molecule has 1 aliphatic heterocycles. The summed E-state index contributed by atoms with van der Waals surface area (Å²) < 4.78 is 31.8. The maximum atomic E-state index is 12.6. The molecule has 34 heavy (non-hydrogen) atoms. The van der Waals surface area contributed by atoms with Gasteiger partial charge in [-0.1, -0.05) is 0 Å². The Bertz CT molecular complexity index is 1560. The largest absolute Gasteiger partial charge is 0.382 e. The molecule has 174 valence electrons. The monoisotopic (exact) mass is 478 g/mol. The number of nitrogen functional groups attached to an aromatic ring is 1. The zero-order valence-electron chi connectivity index (χ0n) is 18.4. The number of rotatable bonds is 6. The van der Waals surface area contributed by atoms with Gasteiger partial charge in [-0.3, -0.25) is 9.36 Å².